The Labute approximate surface area is 210 Å². The first-order valence-corrected chi connectivity index (χ1v) is 12.3. The van der Waals surface area contributed by atoms with Crippen molar-refractivity contribution in [2.75, 3.05) is 6.54 Å². The highest BCUT2D eigenvalue weighted by Crippen LogP contribution is 2.29. The van der Waals surface area contributed by atoms with Crippen molar-refractivity contribution in [1.82, 2.24) is 14.9 Å². The fraction of sp³-hybridized carbons (Fsp3) is 0.192. The maximum Gasteiger partial charge on any atom is 0.266 e. The van der Waals surface area contributed by atoms with Crippen LogP contribution in [-0.2, 0) is 5.75 Å². The molecule has 4 aromatic rings. The van der Waals surface area contributed by atoms with E-state index in [1.165, 1.54) is 41.0 Å². The van der Waals surface area contributed by atoms with Gasteiger partial charge in [-0.15, -0.1) is 0 Å². The maximum absolute atomic E-state index is 14.4. The lowest BCUT2D eigenvalue weighted by molar-refractivity contribution is 0.0949. The second-order valence-corrected chi connectivity index (χ2v) is 9.69. The summed E-state index contributed by atoms with van der Waals surface area (Å²) in [6.07, 6.45) is 0. The number of rotatable bonds is 7. The van der Waals surface area contributed by atoms with E-state index in [9.17, 15) is 18.4 Å². The summed E-state index contributed by atoms with van der Waals surface area (Å²) in [5, 5.41) is 3.58. The van der Waals surface area contributed by atoms with E-state index in [1.54, 1.807) is 24.3 Å². The fourth-order valence-electron chi connectivity index (χ4n) is 3.45. The van der Waals surface area contributed by atoms with E-state index in [-0.39, 0.29) is 44.4 Å². The smallest absolute Gasteiger partial charge is 0.266 e. The number of nitrogens with one attached hydrogen (secondary N) is 1. The third kappa shape index (κ3) is 5.55. The van der Waals surface area contributed by atoms with E-state index in [1.807, 2.05) is 13.8 Å². The van der Waals surface area contributed by atoms with Gasteiger partial charge in [-0.1, -0.05) is 49.3 Å². The van der Waals surface area contributed by atoms with Crippen LogP contribution >= 0.6 is 23.4 Å². The molecule has 0 radical (unpaired) electrons. The summed E-state index contributed by atoms with van der Waals surface area (Å²) < 4.78 is 29.6. The van der Waals surface area contributed by atoms with Gasteiger partial charge in [0.1, 0.15) is 11.6 Å². The minimum atomic E-state index is -0.514. The molecule has 3 aromatic carbocycles. The van der Waals surface area contributed by atoms with E-state index in [2.05, 4.69) is 10.3 Å². The lowest BCUT2D eigenvalue weighted by Gasteiger charge is -2.14. The summed E-state index contributed by atoms with van der Waals surface area (Å²) in [4.78, 5) is 30.7. The summed E-state index contributed by atoms with van der Waals surface area (Å²) in [6.45, 7) is 4.49. The van der Waals surface area contributed by atoms with Crippen LogP contribution in [-0.4, -0.2) is 22.0 Å². The van der Waals surface area contributed by atoms with Gasteiger partial charge in [0.05, 0.1) is 16.6 Å². The van der Waals surface area contributed by atoms with Gasteiger partial charge >= 0.3 is 0 Å². The Kier molecular flexibility index (Phi) is 7.52. The number of nitrogens with zero attached hydrogens (tertiary/aromatic N) is 2. The van der Waals surface area contributed by atoms with Crippen LogP contribution in [0.1, 0.15) is 29.8 Å². The molecule has 0 aliphatic carbocycles. The molecule has 1 aromatic heterocycles. The summed E-state index contributed by atoms with van der Waals surface area (Å²) in [6, 6.07) is 14.6. The topological polar surface area (TPSA) is 64.0 Å². The molecule has 4 rings (SSSR count). The van der Waals surface area contributed by atoms with Crippen LogP contribution in [0, 0.1) is 17.6 Å². The molecule has 0 spiro atoms. The van der Waals surface area contributed by atoms with Crippen LogP contribution in [0.3, 0.4) is 0 Å². The van der Waals surface area contributed by atoms with Gasteiger partial charge in [-0.3, -0.25) is 14.2 Å². The van der Waals surface area contributed by atoms with Gasteiger partial charge in [-0.05, 0) is 54.4 Å². The molecule has 0 fully saturated rings. The largest absolute Gasteiger partial charge is 0.352 e. The number of benzene rings is 3. The molecule has 1 heterocycles. The highest BCUT2D eigenvalue weighted by Gasteiger charge is 2.17. The summed E-state index contributed by atoms with van der Waals surface area (Å²) in [7, 11) is 0. The fourth-order valence-corrected chi connectivity index (χ4v) is 4.81. The Hall–Kier alpha value is -3.23. The number of hydrogen-bond acceptors (Lipinski definition) is 4. The second kappa shape index (κ2) is 10.6. The number of aromatic nitrogens is 2. The SMILES string of the molecule is CC(C)CNC(=O)c1ccc2c(=O)n(-c3cccc(F)c3)c(SCc3c(F)cccc3Cl)nc2c1. The van der Waals surface area contributed by atoms with Crippen molar-refractivity contribution in [2.45, 2.75) is 24.8 Å². The zero-order valence-electron chi connectivity index (χ0n) is 19.0. The number of thioether (sulfide) groups is 1. The predicted molar refractivity (Wildman–Crippen MR) is 135 cm³/mol. The number of fused-ring (bicyclic) bond motifs is 1. The molecule has 35 heavy (non-hydrogen) atoms. The summed E-state index contributed by atoms with van der Waals surface area (Å²) >= 11 is 7.26. The Morgan fingerprint density at radius 2 is 1.89 bits per heavy atom. The quantitative estimate of drug-likeness (QED) is 0.243. The second-order valence-electron chi connectivity index (χ2n) is 8.34. The van der Waals surface area contributed by atoms with Crippen molar-refractivity contribution in [3.05, 3.63) is 98.8 Å². The highest BCUT2D eigenvalue weighted by atomic mass is 35.5. The van der Waals surface area contributed by atoms with Gasteiger partial charge in [0.25, 0.3) is 11.5 Å². The number of carbonyl (C=O) groups excluding carboxylic acids is 1. The van der Waals surface area contributed by atoms with Crippen molar-refractivity contribution < 1.29 is 13.6 Å². The van der Waals surface area contributed by atoms with Gasteiger partial charge in [-0.25, -0.2) is 13.8 Å². The average Bonchev–Trinajstić information content (AvgIpc) is 2.82. The van der Waals surface area contributed by atoms with Crippen molar-refractivity contribution in [1.29, 1.82) is 0 Å². The molecule has 0 aliphatic rings. The average molecular weight is 514 g/mol. The molecule has 9 heteroatoms. The lowest BCUT2D eigenvalue weighted by atomic mass is 10.1. The van der Waals surface area contributed by atoms with Crippen molar-refractivity contribution in [3.63, 3.8) is 0 Å². The van der Waals surface area contributed by atoms with Crippen LogP contribution in [0.2, 0.25) is 5.02 Å². The Morgan fingerprint density at radius 3 is 2.60 bits per heavy atom. The van der Waals surface area contributed by atoms with Crippen molar-refractivity contribution in [2.24, 2.45) is 5.92 Å². The molecule has 180 valence electrons. The standard InChI is InChI=1S/C26H22ClF2N3O2S/c1-15(2)13-30-24(33)16-9-10-19-23(11-16)31-26(35-14-20-21(27)7-4-8-22(20)29)32(25(19)34)18-6-3-5-17(28)12-18/h3-12,15H,13-14H2,1-2H3,(H,30,33). The van der Waals surface area contributed by atoms with E-state index in [0.717, 1.165) is 11.8 Å². The normalized spacial score (nSPS) is 11.3. The first-order chi connectivity index (χ1) is 16.7. The van der Waals surface area contributed by atoms with Gasteiger partial charge in [0, 0.05) is 28.4 Å². The zero-order chi connectivity index (χ0) is 25.1. The molecule has 1 amide bonds. The molecule has 0 aliphatic heterocycles. The molecular weight excluding hydrogens is 492 g/mol. The molecular formula is C26H22ClF2N3O2S. The molecule has 1 N–H and O–H groups in total. The highest BCUT2D eigenvalue weighted by molar-refractivity contribution is 7.98. The molecule has 0 bridgehead atoms. The minimum Gasteiger partial charge on any atom is -0.352 e. The van der Waals surface area contributed by atoms with Crippen LogP contribution < -0.4 is 10.9 Å². The van der Waals surface area contributed by atoms with E-state index in [0.29, 0.717) is 17.6 Å². The monoisotopic (exact) mass is 513 g/mol. The van der Waals surface area contributed by atoms with Crippen LogP contribution in [0.25, 0.3) is 16.6 Å². The molecule has 0 atom stereocenters. The maximum atomic E-state index is 14.4. The van der Waals surface area contributed by atoms with Crippen LogP contribution in [0.15, 0.2) is 70.6 Å². The minimum absolute atomic E-state index is 0.0906. The van der Waals surface area contributed by atoms with Crippen molar-refractivity contribution in [3.8, 4) is 5.69 Å². The van der Waals surface area contributed by atoms with Gasteiger partial charge in [0.15, 0.2) is 5.16 Å². The zero-order valence-corrected chi connectivity index (χ0v) is 20.6. The number of amides is 1. The number of carbonyl (C=O) groups is 1. The number of hydrogen-bond donors (Lipinski definition) is 1. The van der Waals surface area contributed by atoms with E-state index < -0.39 is 17.2 Å². The molecule has 0 saturated carbocycles. The first-order valence-electron chi connectivity index (χ1n) is 10.9. The molecule has 0 unspecified atom stereocenters. The summed E-state index contributed by atoms with van der Waals surface area (Å²) in [5.74, 6) is -0.893. The summed E-state index contributed by atoms with van der Waals surface area (Å²) in [5.41, 5.74) is 0.784. The Morgan fingerprint density at radius 1 is 1.11 bits per heavy atom. The molecule has 0 saturated heterocycles. The van der Waals surface area contributed by atoms with Crippen LogP contribution in [0.5, 0.6) is 0 Å². The van der Waals surface area contributed by atoms with E-state index in [4.69, 9.17) is 11.6 Å². The predicted octanol–water partition coefficient (Wildman–Crippen LogP) is 6.00. The van der Waals surface area contributed by atoms with Crippen LogP contribution in [0.4, 0.5) is 8.78 Å². The van der Waals surface area contributed by atoms with Gasteiger partial charge < -0.3 is 5.32 Å². The number of halogens is 3. The van der Waals surface area contributed by atoms with Gasteiger partial charge in [0.2, 0.25) is 0 Å². The Bertz CT molecular complexity index is 1450. The lowest BCUT2D eigenvalue weighted by Crippen LogP contribution is -2.27. The third-order valence-electron chi connectivity index (χ3n) is 5.25. The third-order valence-corrected chi connectivity index (χ3v) is 6.56. The van der Waals surface area contributed by atoms with Gasteiger partial charge in [-0.2, -0.15) is 0 Å². The van der Waals surface area contributed by atoms with Crippen molar-refractivity contribution >= 4 is 40.2 Å². The van der Waals surface area contributed by atoms with E-state index >= 15 is 0 Å². The molecule has 5 nitrogen and oxygen atoms in total. The first kappa shape index (κ1) is 24.9. The Balaban J connectivity index is 1.82.